The number of benzene rings is 1. The molecule has 36 heavy (non-hydrogen) atoms. The van der Waals surface area contributed by atoms with Gasteiger partial charge in [0.2, 0.25) is 6.41 Å². The summed E-state index contributed by atoms with van der Waals surface area (Å²) >= 11 is -3.41. The Bertz CT molecular complexity index is 1010. The molecule has 3 aliphatic rings. The fourth-order valence-corrected chi connectivity index (χ4v) is 4.60. The number of likely N-dealkylation sites (tertiary alicyclic amines) is 1. The SMILES string of the molecule is CC.COCC1=CC=CC=CC1.O=CN1CCC2(C=C(OS(=O)C(F)(F)F)c3ccccc3C2)CC1. The minimum absolute atomic E-state index is 0.00654. The molecule has 1 amide bonds. The van der Waals surface area contributed by atoms with Crippen LogP contribution in [0.2, 0.25) is 0 Å². The van der Waals surface area contributed by atoms with E-state index in [4.69, 9.17) is 8.92 Å². The van der Waals surface area contributed by atoms with Gasteiger partial charge in [-0.1, -0.05) is 68.5 Å². The molecule has 1 aromatic carbocycles. The zero-order chi connectivity index (χ0) is 26.6. The second-order valence-electron chi connectivity index (χ2n) is 8.39. The summed E-state index contributed by atoms with van der Waals surface area (Å²) in [5.74, 6) is 0.00654. The maximum Gasteiger partial charge on any atom is 0.508 e. The molecule has 0 saturated carbocycles. The lowest BCUT2D eigenvalue weighted by Crippen LogP contribution is -2.41. The molecule has 0 radical (unpaired) electrons. The topological polar surface area (TPSA) is 55.8 Å². The lowest BCUT2D eigenvalue weighted by molar-refractivity contribution is -0.119. The number of carbonyl (C=O) groups excluding carboxylic acids is 1. The van der Waals surface area contributed by atoms with E-state index in [0.29, 0.717) is 37.9 Å². The molecule has 0 N–H and O–H groups in total. The summed E-state index contributed by atoms with van der Waals surface area (Å²) in [6.07, 6.45) is 15.8. The number of carbonyl (C=O) groups is 1. The molecule has 9 heteroatoms. The van der Waals surface area contributed by atoms with Crippen LogP contribution in [0.25, 0.3) is 5.76 Å². The number of hydrogen-bond donors (Lipinski definition) is 0. The Morgan fingerprint density at radius 3 is 2.44 bits per heavy atom. The third kappa shape index (κ3) is 8.48. The fraction of sp³-hybridized carbons (Fsp3) is 0.444. The molecule has 1 saturated heterocycles. The van der Waals surface area contributed by atoms with E-state index in [-0.39, 0.29) is 11.2 Å². The van der Waals surface area contributed by atoms with Gasteiger partial charge in [-0.3, -0.25) is 4.79 Å². The quantitative estimate of drug-likeness (QED) is 0.435. The molecular formula is C27H34F3NO4S. The van der Waals surface area contributed by atoms with Crippen LogP contribution < -0.4 is 0 Å². The molecule has 1 heterocycles. The van der Waals surface area contributed by atoms with Crippen molar-refractivity contribution >= 4 is 23.2 Å². The Kier molecular flexibility index (Phi) is 11.7. The third-order valence-electron chi connectivity index (χ3n) is 5.96. The highest BCUT2D eigenvalue weighted by molar-refractivity contribution is 7.81. The first-order valence-corrected chi connectivity index (χ1v) is 13.0. The van der Waals surface area contributed by atoms with Gasteiger partial charge in [-0.25, -0.2) is 4.21 Å². The van der Waals surface area contributed by atoms with E-state index in [1.54, 1.807) is 30.2 Å². The van der Waals surface area contributed by atoms with Crippen molar-refractivity contribution < 1.29 is 31.1 Å². The Labute approximate surface area is 214 Å². The number of ether oxygens (including phenoxy) is 1. The van der Waals surface area contributed by atoms with Crippen LogP contribution in [-0.4, -0.2) is 47.8 Å². The molecule has 4 rings (SSSR count). The van der Waals surface area contributed by atoms with Crippen molar-refractivity contribution in [2.75, 3.05) is 26.8 Å². The van der Waals surface area contributed by atoms with Crippen molar-refractivity contribution in [2.24, 2.45) is 5.41 Å². The lowest BCUT2D eigenvalue weighted by Gasteiger charge is -2.41. The molecule has 0 aromatic heterocycles. The first-order chi connectivity index (χ1) is 17.3. The number of hydrogen-bond acceptors (Lipinski definition) is 4. The van der Waals surface area contributed by atoms with Gasteiger partial charge in [-0.05, 0) is 48.3 Å². The molecule has 1 aromatic rings. The number of nitrogens with zero attached hydrogens (tertiary/aromatic N) is 1. The monoisotopic (exact) mass is 525 g/mol. The number of halogens is 3. The summed E-state index contributed by atoms with van der Waals surface area (Å²) in [5, 5.41) is 0. The average Bonchev–Trinajstić information content (AvgIpc) is 3.15. The van der Waals surface area contributed by atoms with E-state index in [1.165, 1.54) is 5.57 Å². The Morgan fingerprint density at radius 2 is 1.81 bits per heavy atom. The predicted octanol–water partition coefficient (Wildman–Crippen LogP) is 6.12. The summed E-state index contributed by atoms with van der Waals surface area (Å²) in [7, 11) is 1.72. The standard InChI is InChI=1S/C16H16F3NO3S.C9H12O.C2H6/c17-16(18,19)24(22)23-14-10-15(5-7-20(11-21)8-6-15)9-12-3-1-2-4-13(12)14;1-10-8-9-6-4-2-3-5-7-9;1-2/h1-4,10-11H,5-9H2;2-6H,7-8H2,1H3;1-2H3. The third-order valence-corrected chi connectivity index (χ3v) is 6.67. The first-order valence-electron chi connectivity index (χ1n) is 11.9. The maximum atomic E-state index is 12.6. The van der Waals surface area contributed by atoms with Crippen LogP contribution in [-0.2, 0) is 31.2 Å². The molecule has 5 nitrogen and oxygen atoms in total. The van der Waals surface area contributed by atoms with E-state index in [1.807, 2.05) is 38.1 Å². The van der Waals surface area contributed by atoms with Crippen molar-refractivity contribution in [2.45, 2.75) is 45.0 Å². The van der Waals surface area contributed by atoms with Crippen LogP contribution in [0, 0.1) is 5.41 Å². The smallest absolute Gasteiger partial charge is 0.394 e. The van der Waals surface area contributed by atoms with E-state index < -0.39 is 16.6 Å². The van der Waals surface area contributed by atoms with E-state index in [9.17, 15) is 22.2 Å². The summed E-state index contributed by atoms with van der Waals surface area (Å²) in [6.45, 7) is 5.82. The van der Waals surface area contributed by atoms with Gasteiger partial charge in [0.1, 0.15) is 5.76 Å². The molecule has 0 bridgehead atoms. The number of alkyl halides is 3. The highest BCUT2D eigenvalue weighted by Gasteiger charge is 2.43. The molecule has 198 valence electrons. The largest absolute Gasteiger partial charge is 0.508 e. The Hall–Kier alpha value is -2.65. The van der Waals surface area contributed by atoms with Crippen LogP contribution in [0.15, 0.2) is 66.3 Å². The van der Waals surface area contributed by atoms with Crippen LogP contribution in [0.5, 0.6) is 0 Å². The number of fused-ring (bicyclic) bond motifs is 1. The van der Waals surface area contributed by atoms with Crippen LogP contribution in [0.1, 0.15) is 44.2 Å². The minimum Gasteiger partial charge on any atom is -0.394 e. The highest BCUT2D eigenvalue weighted by atomic mass is 32.2. The predicted molar refractivity (Wildman–Crippen MR) is 137 cm³/mol. The molecule has 1 spiro atoms. The number of methoxy groups -OCH3 is 1. The zero-order valence-corrected chi connectivity index (χ0v) is 21.7. The van der Waals surface area contributed by atoms with Crippen LogP contribution in [0.4, 0.5) is 13.2 Å². The minimum atomic E-state index is -4.93. The number of amides is 1. The van der Waals surface area contributed by atoms with Crippen molar-refractivity contribution in [1.82, 2.24) is 4.90 Å². The second-order valence-corrected chi connectivity index (χ2v) is 9.48. The van der Waals surface area contributed by atoms with E-state index in [0.717, 1.165) is 25.0 Å². The van der Waals surface area contributed by atoms with Gasteiger partial charge in [0.25, 0.3) is 0 Å². The van der Waals surface area contributed by atoms with Crippen LogP contribution >= 0.6 is 0 Å². The van der Waals surface area contributed by atoms with Gasteiger partial charge in [-0.15, -0.1) is 0 Å². The summed E-state index contributed by atoms with van der Waals surface area (Å²) in [6, 6.07) is 7.04. The van der Waals surface area contributed by atoms with Gasteiger partial charge in [0.05, 0.1) is 6.61 Å². The maximum absolute atomic E-state index is 12.6. The molecule has 1 fully saturated rings. The number of allylic oxidation sites excluding steroid dienone is 6. The van der Waals surface area contributed by atoms with Crippen molar-refractivity contribution in [3.63, 3.8) is 0 Å². The number of rotatable bonds is 5. The highest BCUT2D eigenvalue weighted by Crippen LogP contribution is 2.44. The first kappa shape index (κ1) is 29.6. The fourth-order valence-electron chi connectivity index (χ4n) is 4.21. The Morgan fingerprint density at radius 1 is 1.11 bits per heavy atom. The molecule has 1 aliphatic heterocycles. The second kappa shape index (κ2) is 14.2. The summed E-state index contributed by atoms with van der Waals surface area (Å²) < 4.78 is 59.0. The lowest BCUT2D eigenvalue weighted by atomic mass is 9.70. The van der Waals surface area contributed by atoms with Gasteiger partial charge >= 0.3 is 16.6 Å². The molecule has 1 unspecified atom stereocenters. The van der Waals surface area contributed by atoms with Crippen molar-refractivity contribution in [3.8, 4) is 0 Å². The number of piperidine rings is 1. The van der Waals surface area contributed by atoms with Crippen molar-refractivity contribution in [1.29, 1.82) is 0 Å². The molecular weight excluding hydrogens is 491 g/mol. The molecule has 1 atom stereocenters. The summed E-state index contributed by atoms with van der Waals surface area (Å²) in [5.41, 5.74) is -2.57. The van der Waals surface area contributed by atoms with E-state index in [2.05, 4.69) is 18.2 Å². The van der Waals surface area contributed by atoms with Crippen molar-refractivity contribution in [3.05, 3.63) is 77.4 Å². The zero-order valence-electron chi connectivity index (χ0n) is 20.9. The Balaban J connectivity index is 0.000000318. The average molecular weight is 526 g/mol. The van der Waals surface area contributed by atoms with Gasteiger partial charge < -0.3 is 13.8 Å². The van der Waals surface area contributed by atoms with E-state index >= 15 is 0 Å². The molecule has 2 aliphatic carbocycles. The van der Waals surface area contributed by atoms with Crippen LogP contribution in [0.3, 0.4) is 0 Å². The van der Waals surface area contributed by atoms with Gasteiger partial charge in [0, 0.05) is 25.8 Å². The normalized spacial score (nSPS) is 18.8. The summed E-state index contributed by atoms with van der Waals surface area (Å²) in [4.78, 5) is 12.5. The van der Waals surface area contributed by atoms with Gasteiger partial charge in [0.15, 0.2) is 0 Å². The van der Waals surface area contributed by atoms with Gasteiger partial charge in [-0.2, -0.15) is 13.2 Å².